The summed E-state index contributed by atoms with van der Waals surface area (Å²) in [5.41, 5.74) is -0.0447. The Morgan fingerprint density at radius 2 is 1.97 bits per heavy atom. The quantitative estimate of drug-likeness (QED) is 0.774. The Morgan fingerprint density at radius 1 is 1.27 bits per heavy atom. The number of fused-ring (bicyclic) bond motifs is 1. The van der Waals surface area contributed by atoms with Gasteiger partial charge in [0.2, 0.25) is 0 Å². The summed E-state index contributed by atoms with van der Waals surface area (Å²) < 4.78 is 5.13. The first-order chi connectivity index (χ1) is 14.5. The molecule has 0 spiro atoms. The minimum Gasteiger partial charge on any atom is -0.450 e. The molecule has 7 heteroatoms. The molecule has 30 heavy (non-hydrogen) atoms. The fourth-order valence-corrected chi connectivity index (χ4v) is 4.57. The van der Waals surface area contributed by atoms with Gasteiger partial charge in [-0.3, -0.25) is 0 Å². The van der Waals surface area contributed by atoms with Crippen LogP contribution < -0.4 is 0 Å². The summed E-state index contributed by atoms with van der Waals surface area (Å²) in [6.45, 7) is 2.53. The van der Waals surface area contributed by atoms with Crippen molar-refractivity contribution >= 4 is 11.8 Å². The van der Waals surface area contributed by atoms with E-state index in [4.69, 9.17) is 10.1 Å². The number of carbonyl (C=O) groups is 1. The number of ether oxygens (including phenoxy) is 1. The van der Waals surface area contributed by atoms with Gasteiger partial charge in [-0.15, -0.1) is 0 Å². The largest absolute Gasteiger partial charge is 0.450 e. The van der Waals surface area contributed by atoms with Crippen molar-refractivity contribution in [3.05, 3.63) is 47.5 Å². The van der Waals surface area contributed by atoms with Gasteiger partial charge in [-0.05, 0) is 30.9 Å². The number of rotatable bonds is 4. The van der Waals surface area contributed by atoms with E-state index in [0.717, 1.165) is 11.1 Å². The van der Waals surface area contributed by atoms with Gasteiger partial charge in [-0.2, -0.15) is 15.8 Å². The van der Waals surface area contributed by atoms with Gasteiger partial charge in [0.05, 0.1) is 30.5 Å². The Kier molecular flexibility index (Phi) is 6.19. The molecule has 1 aromatic rings. The highest BCUT2D eigenvalue weighted by molar-refractivity contribution is 6.00. The first-order valence-electron chi connectivity index (χ1n) is 9.99. The molecule has 0 aromatic heterocycles. The van der Waals surface area contributed by atoms with Crippen molar-refractivity contribution in [2.75, 3.05) is 19.7 Å². The fourth-order valence-electron chi connectivity index (χ4n) is 4.57. The zero-order valence-electron chi connectivity index (χ0n) is 16.8. The maximum absolute atomic E-state index is 12.3. The van der Waals surface area contributed by atoms with Gasteiger partial charge in [0, 0.05) is 24.9 Å². The van der Waals surface area contributed by atoms with E-state index in [1.165, 1.54) is 4.90 Å². The highest BCUT2D eigenvalue weighted by atomic mass is 16.6. The van der Waals surface area contributed by atoms with E-state index in [1.807, 2.05) is 30.3 Å². The monoisotopic (exact) mass is 401 g/mol. The molecule has 1 saturated carbocycles. The van der Waals surface area contributed by atoms with Crippen LogP contribution in [0.1, 0.15) is 18.9 Å². The van der Waals surface area contributed by atoms with Crippen LogP contribution in [0, 0.1) is 62.6 Å². The standard InChI is InChI=1S/C23H23N5O2/c1-2-30-22(29)28-11-10-17-18(12-24)21(27)23(14-25,15-26)20(19(17)13-28)9-8-16-6-4-3-5-7-16/h3-7,10,18-20,27H,2,8-9,11,13H2,1H3/t18?,19-,20+/m0/s1. The number of carbonyl (C=O) groups excluding carboxylic acids is 1. The molecule has 3 rings (SSSR count). The van der Waals surface area contributed by atoms with E-state index in [2.05, 4.69) is 18.2 Å². The van der Waals surface area contributed by atoms with Gasteiger partial charge in [-0.25, -0.2) is 4.79 Å². The molecule has 0 radical (unpaired) electrons. The Labute approximate surface area is 176 Å². The Bertz CT molecular complexity index is 966. The van der Waals surface area contributed by atoms with Crippen LogP contribution in [0.5, 0.6) is 0 Å². The number of amides is 1. The van der Waals surface area contributed by atoms with Gasteiger partial charge in [0.15, 0.2) is 5.41 Å². The number of benzene rings is 1. The third-order valence-electron chi connectivity index (χ3n) is 6.08. The van der Waals surface area contributed by atoms with Crippen molar-refractivity contribution < 1.29 is 9.53 Å². The second-order valence-electron chi connectivity index (χ2n) is 7.55. The fraction of sp³-hybridized carbons (Fsp3) is 0.435. The summed E-state index contributed by atoms with van der Waals surface area (Å²) >= 11 is 0. The summed E-state index contributed by atoms with van der Waals surface area (Å²) in [5, 5.41) is 38.3. The van der Waals surface area contributed by atoms with Gasteiger partial charge in [-0.1, -0.05) is 36.4 Å². The zero-order valence-corrected chi connectivity index (χ0v) is 16.8. The van der Waals surface area contributed by atoms with Crippen molar-refractivity contribution in [3.63, 3.8) is 0 Å². The lowest BCUT2D eigenvalue weighted by molar-refractivity contribution is 0.0923. The van der Waals surface area contributed by atoms with E-state index in [-0.39, 0.29) is 31.3 Å². The van der Waals surface area contributed by atoms with Gasteiger partial charge in [0.25, 0.3) is 0 Å². The lowest BCUT2D eigenvalue weighted by Gasteiger charge is -2.47. The Morgan fingerprint density at radius 3 is 2.57 bits per heavy atom. The molecule has 3 atom stereocenters. The summed E-state index contributed by atoms with van der Waals surface area (Å²) in [7, 11) is 0. The molecule has 1 aliphatic heterocycles. The number of nitrogens with one attached hydrogen (secondary N) is 1. The van der Waals surface area contributed by atoms with Crippen LogP contribution in [0.15, 0.2) is 42.0 Å². The molecule has 1 amide bonds. The molecular formula is C23H23N5O2. The lowest BCUT2D eigenvalue weighted by atomic mass is 9.55. The highest BCUT2D eigenvalue weighted by Gasteiger charge is 2.57. The maximum Gasteiger partial charge on any atom is 0.410 e. The summed E-state index contributed by atoms with van der Waals surface area (Å²) in [6, 6.07) is 16.0. The van der Waals surface area contributed by atoms with Crippen LogP contribution in [-0.4, -0.2) is 36.4 Å². The Balaban J connectivity index is 2.01. The maximum atomic E-state index is 12.3. The molecule has 1 aromatic carbocycles. The minimum atomic E-state index is -1.70. The predicted octanol–water partition coefficient (Wildman–Crippen LogP) is 3.46. The minimum absolute atomic E-state index is 0.153. The van der Waals surface area contributed by atoms with Gasteiger partial charge in [0.1, 0.15) is 5.92 Å². The number of hydrogen-bond acceptors (Lipinski definition) is 6. The summed E-state index contributed by atoms with van der Waals surface area (Å²) in [4.78, 5) is 13.8. The Hall–Kier alpha value is -3.63. The van der Waals surface area contributed by atoms with Crippen LogP contribution in [-0.2, 0) is 11.2 Å². The number of aryl methyl sites for hydroxylation is 1. The predicted molar refractivity (Wildman–Crippen MR) is 109 cm³/mol. The van der Waals surface area contributed by atoms with E-state index in [1.54, 1.807) is 13.0 Å². The second kappa shape index (κ2) is 8.80. The van der Waals surface area contributed by atoms with Gasteiger partial charge >= 0.3 is 6.09 Å². The molecule has 1 heterocycles. The lowest BCUT2D eigenvalue weighted by Crippen LogP contribution is -2.55. The molecule has 1 N–H and O–H groups in total. The first kappa shape index (κ1) is 21.1. The van der Waals surface area contributed by atoms with Crippen LogP contribution >= 0.6 is 0 Å². The molecule has 1 fully saturated rings. The van der Waals surface area contributed by atoms with Crippen LogP contribution in [0.2, 0.25) is 0 Å². The zero-order chi connectivity index (χ0) is 21.7. The van der Waals surface area contributed by atoms with Crippen molar-refractivity contribution in [3.8, 4) is 18.2 Å². The third kappa shape index (κ3) is 3.53. The van der Waals surface area contributed by atoms with Crippen LogP contribution in [0.4, 0.5) is 4.79 Å². The van der Waals surface area contributed by atoms with E-state index < -0.39 is 23.3 Å². The molecule has 152 valence electrons. The first-order valence-corrected chi connectivity index (χ1v) is 9.99. The molecule has 0 saturated heterocycles. The molecule has 1 unspecified atom stereocenters. The number of hydrogen-bond donors (Lipinski definition) is 1. The average Bonchev–Trinajstić information content (AvgIpc) is 2.78. The van der Waals surface area contributed by atoms with Crippen molar-refractivity contribution in [2.45, 2.75) is 19.8 Å². The summed E-state index contributed by atoms with van der Waals surface area (Å²) in [6.07, 6.45) is 2.46. The van der Waals surface area contributed by atoms with E-state index >= 15 is 0 Å². The van der Waals surface area contributed by atoms with Gasteiger partial charge < -0.3 is 15.0 Å². The molecule has 1 aliphatic carbocycles. The molecule has 2 aliphatic rings. The van der Waals surface area contributed by atoms with Crippen molar-refractivity contribution in [1.82, 2.24) is 4.90 Å². The number of nitriles is 3. The summed E-state index contributed by atoms with van der Waals surface area (Å²) in [5.74, 6) is -1.79. The number of nitrogens with zero attached hydrogens (tertiary/aromatic N) is 4. The normalized spacial score (nSPS) is 24.5. The topological polar surface area (TPSA) is 125 Å². The van der Waals surface area contributed by atoms with E-state index in [0.29, 0.717) is 12.8 Å². The molecular weight excluding hydrogens is 378 g/mol. The average molecular weight is 401 g/mol. The third-order valence-corrected chi connectivity index (χ3v) is 6.08. The smallest absolute Gasteiger partial charge is 0.410 e. The second-order valence-corrected chi connectivity index (χ2v) is 7.55. The van der Waals surface area contributed by atoms with Crippen LogP contribution in [0.25, 0.3) is 0 Å². The van der Waals surface area contributed by atoms with Crippen LogP contribution in [0.3, 0.4) is 0 Å². The molecule has 7 nitrogen and oxygen atoms in total. The molecule has 0 bridgehead atoms. The SMILES string of the molecule is CCOC(=O)N1CC=C2C(C#N)C(=N)C(C#N)(C#N)[C@H](CCc3ccccc3)[C@H]2C1. The van der Waals surface area contributed by atoms with E-state index in [9.17, 15) is 20.6 Å². The highest BCUT2D eigenvalue weighted by Crippen LogP contribution is 2.50. The van der Waals surface area contributed by atoms with Crippen molar-refractivity contribution in [1.29, 1.82) is 21.2 Å². The van der Waals surface area contributed by atoms with Crippen molar-refractivity contribution in [2.24, 2.45) is 23.2 Å².